The fraction of sp³-hybridized carbons (Fsp3) is 0.391. The van der Waals surface area contributed by atoms with E-state index < -0.39 is 0 Å². The summed E-state index contributed by atoms with van der Waals surface area (Å²) in [5, 5.41) is 0.738. The molecule has 1 aromatic heterocycles. The Hall–Kier alpha value is -2.00. The first-order chi connectivity index (χ1) is 15.0. The van der Waals surface area contributed by atoms with Crippen LogP contribution in [0.2, 0.25) is 0 Å². The summed E-state index contributed by atoms with van der Waals surface area (Å²) in [7, 11) is 0. The van der Waals surface area contributed by atoms with Gasteiger partial charge in [-0.1, -0.05) is 17.4 Å². The molecule has 0 saturated carbocycles. The van der Waals surface area contributed by atoms with Crippen LogP contribution >= 0.6 is 23.1 Å². The van der Waals surface area contributed by atoms with E-state index in [-0.39, 0.29) is 17.5 Å². The number of benzene rings is 2. The maximum Gasteiger partial charge on any atom is 0.239 e. The van der Waals surface area contributed by atoms with Crippen LogP contribution in [0, 0.1) is 19.7 Å². The van der Waals surface area contributed by atoms with Gasteiger partial charge in [0, 0.05) is 31.1 Å². The average Bonchev–Trinajstić information content (AvgIpc) is 3.18. The number of fused-ring (bicyclic) bond motifs is 1. The number of carbonyl (C=O) groups is 1. The molecule has 0 N–H and O–H groups in total. The molecular weight excluding hydrogens is 433 g/mol. The van der Waals surface area contributed by atoms with E-state index in [0.717, 1.165) is 53.1 Å². The van der Waals surface area contributed by atoms with Crippen molar-refractivity contribution in [3.8, 4) is 0 Å². The van der Waals surface area contributed by atoms with Crippen molar-refractivity contribution in [3.63, 3.8) is 0 Å². The predicted octanol–water partition coefficient (Wildman–Crippen LogP) is 4.51. The zero-order valence-corrected chi connectivity index (χ0v) is 19.4. The van der Waals surface area contributed by atoms with Gasteiger partial charge in [0.05, 0.1) is 29.2 Å². The number of amides is 1. The molecule has 2 aromatic carbocycles. The zero-order chi connectivity index (χ0) is 21.8. The Kier molecular flexibility index (Phi) is 7.22. The van der Waals surface area contributed by atoms with Gasteiger partial charge in [-0.15, -0.1) is 11.8 Å². The van der Waals surface area contributed by atoms with Gasteiger partial charge >= 0.3 is 0 Å². The van der Waals surface area contributed by atoms with Crippen molar-refractivity contribution in [2.24, 2.45) is 0 Å². The SMILES string of the molecule is Cc1cc(C)c2sc(N(CCN3CCOCC3)C(=O)CSc3ccc(F)cc3)nc2c1. The highest BCUT2D eigenvalue weighted by atomic mass is 32.2. The van der Waals surface area contributed by atoms with Crippen LogP contribution in [0.25, 0.3) is 10.2 Å². The number of rotatable bonds is 7. The molecule has 0 bridgehead atoms. The number of thiazole rings is 1. The number of hydrogen-bond acceptors (Lipinski definition) is 6. The number of carbonyl (C=O) groups excluding carboxylic acids is 1. The number of aromatic nitrogens is 1. The van der Waals surface area contributed by atoms with Crippen LogP contribution in [-0.2, 0) is 9.53 Å². The molecule has 1 aliphatic heterocycles. The minimum Gasteiger partial charge on any atom is -0.379 e. The second kappa shape index (κ2) is 10.1. The fourth-order valence-electron chi connectivity index (χ4n) is 3.63. The number of aryl methyl sites for hydroxylation is 2. The van der Waals surface area contributed by atoms with Gasteiger partial charge in [0.15, 0.2) is 5.13 Å². The van der Waals surface area contributed by atoms with Crippen LogP contribution in [0.1, 0.15) is 11.1 Å². The van der Waals surface area contributed by atoms with Gasteiger partial charge in [0.25, 0.3) is 0 Å². The number of hydrogen-bond donors (Lipinski definition) is 0. The molecule has 0 unspecified atom stereocenters. The third kappa shape index (κ3) is 5.63. The number of nitrogens with zero attached hydrogens (tertiary/aromatic N) is 3. The van der Waals surface area contributed by atoms with Crippen LogP contribution < -0.4 is 4.90 Å². The lowest BCUT2D eigenvalue weighted by molar-refractivity contribution is -0.116. The largest absolute Gasteiger partial charge is 0.379 e. The highest BCUT2D eigenvalue weighted by molar-refractivity contribution is 8.00. The van der Waals surface area contributed by atoms with Gasteiger partial charge in [-0.3, -0.25) is 14.6 Å². The van der Waals surface area contributed by atoms with E-state index in [4.69, 9.17) is 9.72 Å². The second-order valence-electron chi connectivity index (χ2n) is 7.67. The number of morpholine rings is 1. The quantitative estimate of drug-likeness (QED) is 0.487. The molecule has 31 heavy (non-hydrogen) atoms. The first-order valence-corrected chi connectivity index (χ1v) is 12.2. The summed E-state index contributed by atoms with van der Waals surface area (Å²) in [6.07, 6.45) is 0. The summed E-state index contributed by atoms with van der Waals surface area (Å²) in [5.74, 6) is 0.0156. The molecule has 1 fully saturated rings. The number of thioether (sulfide) groups is 1. The topological polar surface area (TPSA) is 45.7 Å². The van der Waals surface area contributed by atoms with E-state index in [2.05, 4.69) is 30.9 Å². The van der Waals surface area contributed by atoms with E-state index in [9.17, 15) is 9.18 Å². The maximum atomic E-state index is 13.2. The molecule has 1 aliphatic rings. The summed E-state index contributed by atoms with van der Waals surface area (Å²) in [6.45, 7) is 8.73. The molecule has 0 aliphatic carbocycles. The molecule has 8 heteroatoms. The van der Waals surface area contributed by atoms with E-state index in [1.54, 1.807) is 23.5 Å². The lowest BCUT2D eigenvalue weighted by atomic mass is 10.1. The zero-order valence-electron chi connectivity index (χ0n) is 17.8. The second-order valence-corrected chi connectivity index (χ2v) is 9.69. The average molecular weight is 460 g/mol. The van der Waals surface area contributed by atoms with Gasteiger partial charge in [-0.05, 0) is 55.3 Å². The van der Waals surface area contributed by atoms with Gasteiger partial charge in [-0.2, -0.15) is 0 Å². The summed E-state index contributed by atoms with van der Waals surface area (Å²) < 4.78 is 19.7. The van der Waals surface area contributed by atoms with Gasteiger partial charge in [0.2, 0.25) is 5.91 Å². The fourth-order valence-corrected chi connectivity index (χ4v) is 5.46. The summed E-state index contributed by atoms with van der Waals surface area (Å²) in [6, 6.07) is 10.5. The minimum absolute atomic E-state index is 0.0102. The molecule has 164 valence electrons. The lowest BCUT2D eigenvalue weighted by Crippen LogP contribution is -2.43. The maximum absolute atomic E-state index is 13.2. The molecule has 2 heterocycles. The van der Waals surface area contributed by atoms with E-state index in [1.165, 1.54) is 35.0 Å². The van der Waals surface area contributed by atoms with Crippen molar-refractivity contribution in [1.82, 2.24) is 9.88 Å². The number of ether oxygens (including phenoxy) is 1. The molecule has 1 amide bonds. The molecule has 1 saturated heterocycles. The van der Waals surface area contributed by atoms with Crippen LogP contribution in [0.3, 0.4) is 0 Å². The first kappa shape index (κ1) is 22.2. The van der Waals surface area contributed by atoms with Crippen LogP contribution in [0.4, 0.5) is 9.52 Å². The van der Waals surface area contributed by atoms with Crippen LogP contribution in [0.15, 0.2) is 41.3 Å². The Balaban J connectivity index is 1.53. The molecular formula is C23H26FN3O2S2. The molecule has 0 radical (unpaired) electrons. The van der Waals surface area contributed by atoms with Crippen molar-refractivity contribution in [2.45, 2.75) is 18.7 Å². The minimum atomic E-state index is -0.275. The number of halogens is 1. The van der Waals surface area contributed by atoms with Gasteiger partial charge in [-0.25, -0.2) is 9.37 Å². The summed E-state index contributed by atoms with van der Waals surface area (Å²) in [4.78, 5) is 23.1. The van der Waals surface area contributed by atoms with E-state index >= 15 is 0 Å². The Morgan fingerprint density at radius 2 is 1.97 bits per heavy atom. The molecule has 0 spiro atoms. The standard InChI is InChI=1S/C23H26FN3O2S2/c1-16-13-17(2)22-20(14-16)25-23(31-22)27(8-7-26-9-11-29-12-10-26)21(28)15-30-19-5-3-18(24)4-6-19/h3-6,13-14H,7-12,15H2,1-2H3. The molecule has 4 rings (SSSR count). The summed E-state index contributed by atoms with van der Waals surface area (Å²) >= 11 is 2.99. The van der Waals surface area contributed by atoms with Crippen LogP contribution in [0.5, 0.6) is 0 Å². The van der Waals surface area contributed by atoms with Crippen molar-refractivity contribution < 1.29 is 13.9 Å². The predicted molar refractivity (Wildman–Crippen MR) is 126 cm³/mol. The van der Waals surface area contributed by atoms with Crippen molar-refractivity contribution in [3.05, 3.63) is 53.3 Å². The van der Waals surface area contributed by atoms with E-state index in [0.29, 0.717) is 6.54 Å². The number of anilines is 1. The highest BCUT2D eigenvalue weighted by Gasteiger charge is 2.22. The first-order valence-electron chi connectivity index (χ1n) is 10.4. The smallest absolute Gasteiger partial charge is 0.239 e. The van der Waals surface area contributed by atoms with Crippen molar-refractivity contribution in [2.75, 3.05) is 50.0 Å². The van der Waals surface area contributed by atoms with Gasteiger partial charge < -0.3 is 4.74 Å². The summed E-state index contributed by atoms with van der Waals surface area (Å²) in [5.41, 5.74) is 3.28. The monoisotopic (exact) mass is 459 g/mol. The van der Waals surface area contributed by atoms with Crippen LogP contribution in [-0.4, -0.2) is 60.9 Å². The van der Waals surface area contributed by atoms with E-state index in [1.807, 2.05) is 4.90 Å². The lowest BCUT2D eigenvalue weighted by Gasteiger charge is -2.29. The van der Waals surface area contributed by atoms with Gasteiger partial charge in [0.1, 0.15) is 5.82 Å². The Morgan fingerprint density at radius 3 is 2.71 bits per heavy atom. The Labute approximate surface area is 190 Å². The molecule has 3 aromatic rings. The Morgan fingerprint density at radius 1 is 1.23 bits per heavy atom. The molecule has 5 nitrogen and oxygen atoms in total. The van der Waals surface area contributed by atoms with Crippen molar-refractivity contribution in [1.29, 1.82) is 0 Å². The molecule has 0 atom stereocenters. The van der Waals surface area contributed by atoms with Crippen molar-refractivity contribution >= 4 is 44.4 Å². The normalized spacial score (nSPS) is 14.8. The Bertz CT molecular complexity index is 1050. The third-order valence-electron chi connectivity index (χ3n) is 5.26. The highest BCUT2D eigenvalue weighted by Crippen LogP contribution is 2.32. The third-order valence-corrected chi connectivity index (χ3v) is 7.49.